The number of aromatic nitrogens is 4. The number of amides is 2. The van der Waals surface area contributed by atoms with Crippen LogP contribution < -0.4 is 15.1 Å². The monoisotopic (exact) mass is 513 g/mol. The number of fused-ring (bicyclic) bond motifs is 1. The van der Waals surface area contributed by atoms with E-state index in [9.17, 15) is 9.59 Å². The van der Waals surface area contributed by atoms with Gasteiger partial charge in [0.25, 0.3) is 0 Å². The Morgan fingerprint density at radius 3 is 2.63 bits per heavy atom. The summed E-state index contributed by atoms with van der Waals surface area (Å²) in [4.78, 5) is 37.2. The van der Waals surface area contributed by atoms with E-state index in [4.69, 9.17) is 9.84 Å². The molecule has 0 saturated carbocycles. The molecule has 4 heterocycles. The third-order valence-corrected chi connectivity index (χ3v) is 6.20. The highest BCUT2D eigenvalue weighted by atomic mass is 16.6. The Labute approximate surface area is 221 Å². The van der Waals surface area contributed by atoms with E-state index in [0.717, 1.165) is 34.0 Å². The number of carbonyl (C=O) groups excluding carboxylic acids is 2. The van der Waals surface area contributed by atoms with E-state index < -0.39 is 11.7 Å². The Hall–Kier alpha value is -4.47. The van der Waals surface area contributed by atoms with Gasteiger partial charge in [0.05, 0.1) is 17.9 Å². The Bertz CT molecular complexity index is 1450. The quantitative estimate of drug-likeness (QED) is 0.415. The van der Waals surface area contributed by atoms with Crippen LogP contribution in [-0.2, 0) is 16.1 Å². The second kappa shape index (κ2) is 10.1. The number of hydrogen-bond acceptors (Lipinski definition) is 7. The van der Waals surface area contributed by atoms with Crippen molar-refractivity contribution in [1.29, 1.82) is 0 Å². The van der Waals surface area contributed by atoms with Crippen molar-refractivity contribution in [3.05, 3.63) is 72.7 Å². The van der Waals surface area contributed by atoms with Crippen molar-refractivity contribution in [2.75, 3.05) is 23.4 Å². The molecule has 10 nitrogen and oxygen atoms in total. The van der Waals surface area contributed by atoms with E-state index in [2.05, 4.69) is 20.2 Å². The lowest BCUT2D eigenvalue weighted by molar-refractivity contribution is -0.117. The number of imidazole rings is 1. The molecule has 38 heavy (non-hydrogen) atoms. The molecule has 1 saturated heterocycles. The highest BCUT2D eigenvalue weighted by Crippen LogP contribution is 2.27. The van der Waals surface area contributed by atoms with Crippen LogP contribution in [-0.4, -0.2) is 56.8 Å². The standard InChI is InChI=1S/C28H31N7O3/c1-28(2,3)38-27(37)31-21-14-26(36)34(18-21)22-9-7-20(8-10-22)23-16-30-24-11-12-25(32-35(23)24)33(4)17-19-6-5-13-29-15-19/h5-13,15-16,21H,14,17-18H2,1-4H3,(H,31,37). The van der Waals surface area contributed by atoms with E-state index in [0.29, 0.717) is 13.1 Å². The summed E-state index contributed by atoms with van der Waals surface area (Å²) in [6.07, 6.45) is 5.12. The van der Waals surface area contributed by atoms with Crippen molar-refractivity contribution in [3.8, 4) is 11.3 Å². The first kappa shape index (κ1) is 25.2. The maximum Gasteiger partial charge on any atom is 0.407 e. The number of alkyl carbamates (subject to hydrolysis) is 1. The number of benzene rings is 1. The maximum absolute atomic E-state index is 12.7. The molecule has 1 aromatic carbocycles. The SMILES string of the molecule is CN(Cc1cccnc1)c1ccc2ncc(-c3ccc(N4CC(NC(=O)OC(C)(C)C)CC4=O)cc3)n2n1. The van der Waals surface area contributed by atoms with Gasteiger partial charge in [-0.05, 0) is 56.7 Å². The second-order valence-electron chi connectivity index (χ2n) is 10.4. The lowest BCUT2D eigenvalue weighted by Crippen LogP contribution is -2.40. The largest absolute Gasteiger partial charge is 0.444 e. The lowest BCUT2D eigenvalue weighted by atomic mass is 10.1. The Morgan fingerprint density at radius 1 is 1.13 bits per heavy atom. The predicted molar refractivity (Wildman–Crippen MR) is 145 cm³/mol. The zero-order chi connectivity index (χ0) is 26.9. The molecule has 0 radical (unpaired) electrons. The van der Waals surface area contributed by atoms with Gasteiger partial charge < -0.3 is 19.9 Å². The van der Waals surface area contributed by atoms with Crippen LogP contribution in [0.15, 0.2) is 67.1 Å². The highest BCUT2D eigenvalue weighted by Gasteiger charge is 2.32. The summed E-state index contributed by atoms with van der Waals surface area (Å²) in [5, 5.41) is 7.62. The molecule has 1 atom stereocenters. The summed E-state index contributed by atoms with van der Waals surface area (Å²) in [7, 11) is 1.99. The van der Waals surface area contributed by atoms with Gasteiger partial charge in [0.15, 0.2) is 5.65 Å². The fourth-order valence-corrected chi connectivity index (χ4v) is 4.45. The number of rotatable bonds is 6. The molecule has 196 valence electrons. The number of nitrogens with zero attached hydrogens (tertiary/aromatic N) is 6. The summed E-state index contributed by atoms with van der Waals surface area (Å²) < 4.78 is 7.15. The number of carbonyl (C=O) groups is 2. The lowest BCUT2D eigenvalue weighted by Gasteiger charge is -2.22. The first-order valence-electron chi connectivity index (χ1n) is 12.5. The molecule has 1 unspecified atom stereocenters. The molecular formula is C28H31N7O3. The fourth-order valence-electron chi connectivity index (χ4n) is 4.45. The first-order chi connectivity index (χ1) is 18.2. The Morgan fingerprint density at radius 2 is 1.92 bits per heavy atom. The fraction of sp³-hybridized carbons (Fsp3) is 0.321. The average molecular weight is 514 g/mol. The van der Waals surface area contributed by atoms with Gasteiger partial charge in [-0.3, -0.25) is 9.78 Å². The predicted octanol–water partition coefficient (Wildman–Crippen LogP) is 4.06. The van der Waals surface area contributed by atoms with Gasteiger partial charge in [-0.2, -0.15) is 0 Å². The highest BCUT2D eigenvalue weighted by molar-refractivity contribution is 5.96. The van der Waals surface area contributed by atoms with Crippen LogP contribution in [0.2, 0.25) is 0 Å². The van der Waals surface area contributed by atoms with Gasteiger partial charge in [0.2, 0.25) is 5.91 Å². The molecule has 4 aromatic rings. The molecular weight excluding hydrogens is 482 g/mol. The van der Waals surface area contributed by atoms with Gasteiger partial charge in [0, 0.05) is 50.2 Å². The molecule has 0 bridgehead atoms. The summed E-state index contributed by atoms with van der Waals surface area (Å²) in [5.74, 6) is 0.764. The molecule has 10 heteroatoms. The topological polar surface area (TPSA) is 105 Å². The number of ether oxygens (including phenoxy) is 1. The third-order valence-electron chi connectivity index (χ3n) is 6.20. The summed E-state index contributed by atoms with van der Waals surface area (Å²) >= 11 is 0. The zero-order valence-electron chi connectivity index (χ0n) is 22.0. The molecule has 1 fully saturated rings. The van der Waals surface area contributed by atoms with Crippen LogP contribution in [0.5, 0.6) is 0 Å². The molecule has 5 rings (SSSR count). The minimum atomic E-state index is -0.593. The zero-order valence-corrected chi connectivity index (χ0v) is 22.0. The van der Waals surface area contributed by atoms with Crippen LogP contribution >= 0.6 is 0 Å². The van der Waals surface area contributed by atoms with Crippen molar-refractivity contribution in [2.24, 2.45) is 0 Å². The molecule has 0 spiro atoms. The molecule has 1 aliphatic heterocycles. The van der Waals surface area contributed by atoms with E-state index in [1.54, 1.807) is 38.1 Å². The third kappa shape index (κ3) is 5.59. The van der Waals surface area contributed by atoms with Crippen LogP contribution in [0.3, 0.4) is 0 Å². The van der Waals surface area contributed by atoms with E-state index >= 15 is 0 Å². The minimum absolute atomic E-state index is 0.0448. The maximum atomic E-state index is 12.7. The summed E-state index contributed by atoms with van der Waals surface area (Å²) in [6, 6.07) is 15.3. The van der Waals surface area contributed by atoms with Crippen molar-refractivity contribution in [2.45, 2.75) is 45.4 Å². The van der Waals surface area contributed by atoms with Crippen molar-refractivity contribution >= 4 is 29.2 Å². The van der Waals surface area contributed by atoms with E-state index in [-0.39, 0.29) is 18.4 Å². The molecule has 1 aliphatic rings. The Kier molecular flexibility index (Phi) is 6.71. The average Bonchev–Trinajstić information content (AvgIpc) is 3.46. The van der Waals surface area contributed by atoms with E-state index in [1.165, 1.54) is 0 Å². The number of anilines is 2. The second-order valence-corrected chi connectivity index (χ2v) is 10.4. The van der Waals surface area contributed by atoms with Crippen LogP contribution in [0, 0.1) is 0 Å². The van der Waals surface area contributed by atoms with Gasteiger partial charge in [0.1, 0.15) is 11.4 Å². The number of pyridine rings is 1. The smallest absolute Gasteiger partial charge is 0.407 e. The summed E-state index contributed by atoms with van der Waals surface area (Å²) in [5.41, 5.74) is 3.79. The number of nitrogens with one attached hydrogen (secondary N) is 1. The molecule has 2 amide bonds. The Balaban J connectivity index is 1.30. The van der Waals surface area contributed by atoms with Crippen molar-refractivity contribution < 1.29 is 14.3 Å². The van der Waals surface area contributed by atoms with Crippen LogP contribution in [0.25, 0.3) is 16.9 Å². The van der Waals surface area contributed by atoms with Gasteiger partial charge >= 0.3 is 6.09 Å². The van der Waals surface area contributed by atoms with Crippen LogP contribution in [0.4, 0.5) is 16.3 Å². The van der Waals surface area contributed by atoms with Crippen molar-refractivity contribution in [3.63, 3.8) is 0 Å². The molecule has 3 aromatic heterocycles. The van der Waals surface area contributed by atoms with Crippen molar-refractivity contribution in [1.82, 2.24) is 24.9 Å². The normalized spacial score (nSPS) is 15.6. The first-order valence-corrected chi connectivity index (χ1v) is 12.5. The van der Waals surface area contributed by atoms with Gasteiger partial charge in [-0.1, -0.05) is 18.2 Å². The van der Waals surface area contributed by atoms with Crippen LogP contribution in [0.1, 0.15) is 32.8 Å². The summed E-state index contributed by atoms with van der Waals surface area (Å²) in [6.45, 7) is 6.49. The van der Waals surface area contributed by atoms with Gasteiger partial charge in [-0.25, -0.2) is 14.3 Å². The minimum Gasteiger partial charge on any atom is -0.444 e. The number of hydrogen-bond donors (Lipinski definition) is 1. The van der Waals surface area contributed by atoms with E-state index in [1.807, 2.05) is 66.3 Å². The molecule has 0 aliphatic carbocycles. The van der Waals surface area contributed by atoms with Gasteiger partial charge in [-0.15, -0.1) is 5.10 Å². The molecule has 1 N–H and O–H groups in total.